The predicted octanol–water partition coefficient (Wildman–Crippen LogP) is 2.36. The Bertz CT molecular complexity index is 1440. The SMILES string of the molecule is CN(C)Cc1ccc(CSCCN=C2NS(=O)(=O)N=C2Nc2cccc(-c3csc(N=C(N)N)n3)c2)o1. The molecule has 0 amide bonds. The van der Waals surface area contributed by atoms with Crippen LogP contribution < -0.4 is 21.5 Å². The number of rotatable bonds is 10. The minimum atomic E-state index is -3.86. The Labute approximate surface area is 223 Å². The molecule has 3 aromatic rings. The van der Waals surface area contributed by atoms with Crippen LogP contribution in [0.5, 0.6) is 0 Å². The molecule has 15 heteroatoms. The van der Waals surface area contributed by atoms with Crippen LogP contribution in [-0.2, 0) is 22.5 Å². The molecule has 0 saturated carbocycles. The number of thiazole rings is 1. The molecule has 1 aliphatic heterocycles. The number of guanidine groups is 1. The molecule has 37 heavy (non-hydrogen) atoms. The van der Waals surface area contributed by atoms with Crippen LogP contribution in [0.3, 0.4) is 0 Å². The van der Waals surface area contributed by atoms with E-state index < -0.39 is 10.2 Å². The number of nitrogens with one attached hydrogen (secondary N) is 2. The fourth-order valence-corrected chi connectivity index (χ4v) is 5.55. The molecule has 2 aromatic heterocycles. The number of amidine groups is 2. The van der Waals surface area contributed by atoms with Crippen LogP contribution in [0.4, 0.5) is 10.8 Å². The molecule has 1 aromatic carbocycles. The summed E-state index contributed by atoms with van der Waals surface area (Å²) in [6.45, 7) is 1.15. The van der Waals surface area contributed by atoms with E-state index in [1.165, 1.54) is 11.3 Å². The van der Waals surface area contributed by atoms with Gasteiger partial charge in [-0.15, -0.1) is 15.7 Å². The first-order valence-electron chi connectivity index (χ1n) is 11.1. The molecule has 12 nitrogen and oxygen atoms in total. The molecule has 0 unspecified atom stereocenters. The highest BCUT2D eigenvalue weighted by Gasteiger charge is 2.26. The van der Waals surface area contributed by atoms with E-state index in [1.807, 2.05) is 54.7 Å². The van der Waals surface area contributed by atoms with E-state index >= 15 is 0 Å². The molecule has 0 bridgehead atoms. The van der Waals surface area contributed by atoms with Gasteiger partial charge in [0, 0.05) is 22.4 Å². The Morgan fingerprint density at radius 3 is 2.84 bits per heavy atom. The third kappa shape index (κ3) is 7.79. The van der Waals surface area contributed by atoms with Gasteiger partial charge in [-0.1, -0.05) is 12.1 Å². The van der Waals surface area contributed by atoms with Crippen LogP contribution >= 0.6 is 23.1 Å². The van der Waals surface area contributed by atoms with E-state index in [0.717, 1.165) is 23.6 Å². The Morgan fingerprint density at radius 2 is 2.05 bits per heavy atom. The van der Waals surface area contributed by atoms with Crippen LogP contribution in [-0.4, -0.2) is 62.3 Å². The van der Waals surface area contributed by atoms with Crippen molar-refractivity contribution in [2.45, 2.75) is 12.3 Å². The van der Waals surface area contributed by atoms with Crippen molar-refractivity contribution < 1.29 is 12.8 Å². The second-order valence-electron chi connectivity index (χ2n) is 8.16. The summed E-state index contributed by atoms with van der Waals surface area (Å²) in [5, 5.41) is 5.31. The van der Waals surface area contributed by atoms with Crippen molar-refractivity contribution in [1.29, 1.82) is 0 Å². The quantitative estimate of drug-likeness (QED) is 0.164. The second-order valence-corrected chi connectivity index (χ2v) is 11.4. The number of aromatic nitrogens is 1. The fourth-order valence-electron chi connectivity index (χ4n) is 3.29. The maximum atomic E-state index is 12.1. The minimum absolute atomic E-state index is 0.0652. The van der Waals surface area contributed by atoms with Gasteiger partial charge in [-0.25, -0.2) is 9.71 Å². The molecule has 6 N–H and O–H groups in total. The highest BCUT2D eigenvalue weighted by molar-refractivity contribution is 7.98. The summed E-state index contributed by atoms with van der Waals surface area (Å²) >= 11 is 2.95. The molecular weight excluding hydrogens is 535 g/mol. The highest BCUT2D eigenvalue weighted by atomic mass is 32.2. The molecule has 1 aliphatic rings. The van der Waals surface area contributed by atoms with E-state index in [1.54, 1.807) is 17.8 Å². The van der Waals surface area contributed by atoms with Crippen LogP contribution in [0, 0.1) is 0 Å². The fraction of sp³-hybridized carbons (Fsp3) is 0.273. The Kier molecular flexibility index (Phi) is 8.48. The minimum Gasteiger partial charge on any atom is -0.464 e. The monoisotopic (exact) mass is 561 g/mol. The topological polar surface area (TPSA) is 177 Å². The maximum absolute atomic E-state index is 12.1. The summed E-state index contributed by atoms with van der Waals surface area (Å²) in [6, 6.07) is 11.3. The average Bonchev–Trinajstić information content (AvgIpc) is 3.52. The lowest BCUT2D eigenvalue weighted by atomic mass is 10.1. The number of anilines is 1. The van der Waals surface area contributed by atoms with Gasteiger partial charge >= 0.3 is 10.2 Å². The Hall–Kier alpha value is -3.40. The third-order valence-electron chi connectivity index (χ3n) is 4.74. The van der Waals surface area contributed by atoms with Crippen molar-refractivity contribution in [2.24, 2.45) is 25.8 Å². The normalized spacial score (nSPS) is 15.5. The van der Waals surface area contributed by atoms with Gasteiger partial charge in [0.25, 0.3) is 0 Å². The van der Waals surface area contributed by atoms with Gasteiger partial charge in [-0.3, -0.25) is 4.99 Å². The van der Waals surface area contributed by atoms with E-state index in [4.69, 9.17) is 15.9 Å². The average molecular weight is 562 g/mol. The van der Waals surface area contributed by atoms with Crippen LogP contribution in [0.25, 0.3) is 11.3 Å². The summed E-state index contributed by atoms with van der Waals surface area (Å²) in [4.78, 5) is 14.8. The lowest BCUT2D eigenvalue weighted by Crippen LogP contribution is -2.30. The molecular formula is C22H27N9O3S3. The molecule has 196 valence electrons. The summed E-state index contributed by atoms with van der Waals surface area (Å²) in [5.74, 6) is 3.43. The summed E-state index contributed by atoms with van der Waals surface area (Å²) < 4.78 is 36.1. The van der Waals surface area contributed by atoms with E-state index in [9.17, 15) is 8.42 Å². The van der Waals surface area contributed by atoms with Gasteiger partial charge in [-0.05, 0) is 38.4 Å². The lowest BCUT2D eigenvalue weighted by molar-refractivity contribution is 0.344. The number of benzene rings is 1. The molecule has 0 aliphatic carbocycles. The zero-order valence-electron chi connectivity index (χ0n) is 20.2. The van der Waals surface area contributed by atoms with Crippen LogP contribution in [0.2, 0.25) is 0 Å². The van der Waals surface area contributed by atoms with Crippen molar-refractivity contribution in [3.05, 3.63) is 53.3 Å². The van der Waals surface area contributed by atoms with Crippen molar-refractivity contribution in [3.8, 4) is 11.3 Å². The Balaban J connectivity index is 1.36. The Morgan fingerprint density at radius 1 is 1.24 bits per heavy atom. The number of hydrogen-bond acceptors (Lipinski definition) is 10. The zero-order valence-corrected chi connectivity index (χ0v) is 22.7. The van der Waals surface area contributed by atoms with Crippen molar-refractivity contribution in [2.75, 3.05) is 31.7 Å². The van der Waals surface area contributed by atoms with Crippen LogP contribution in [0.15, 0.2) is 60.6 Å². The smallest absolute Gasteiger partial charge is 0.345 e. The predicted molar refractivity (Wildman–Crippen MR) is 151 cm³/mol. The van der Waals surface area contributed by atoms with Gasteiger partial charge in [0.05, 0.1) is 24.5 Å². The molecule has 0 saturated heterocycles. The largest absolute Gasteiger partial charge is 0.464 e. The number of furan rings is 1. The second kappa shape index (κ2) is 11.8. The molecule has 0 spiro atoms. The molecule has 0 fully saturated rings. The molecule has 4 rings (SSSR count). The number of nitrogens with two attached hydrogens (primary N) is 2. The van der Waals surface area contributed by atoms with Gasteiger partial charge in [0.15, 0.2) is 17.6 Å². The van der Waals surface area contributed by atoms with Crippen LogP contribution in [0.1, 0.15) is 11.5 Å². The number of aliphatic imine (C=N–C) groups is 2. The van der Waals surface area contributed by atoms with Gasteiger partial charge in [-0.2, -0.15) is 25.2 Å². The zero-order chi connectivity index (χ0) is 26.4. The maximum Gasteiger partial charge on any atom is 0.345 e. The van der Waals surface area contributed by atoms with Crippen molar-refractivity contribution in [3.63, 3.8) is 0 Å². The van der Waals surface area contributed by atoms with Crippen molar-refractivity contribution in [1.82, 2.24) is 14.6 Å². The first kappa shape index (κ1) is 26.7. The lowest BCUT2D eigenvalue weighted by Gasteiger charge is -2.07. The van der Waals surface area contributed by atoms with Gasteiger partial charge < -0.3 is 26.1 Å². The molecule has 0 radical (unpaired) electrons. The van der Waals surface area contributed by atoms with E-state index in [2.05, 4.69) is 29.4 Å². The summed E-state index contributed by atoms with van der Waals surface area (Å²) in [7, 11) is 0.120. The molecule has 3 heterocycles. The van der Waals surface area contributed by atoms with Gasteiger partial charge in [0.2, 0.25) is 5.13 Å². The standard InChI is InChI=1S/C22H27N9O3S3/c1-31(2)11-16-6-7-17(34-16)12-35-9-8-25-19-20(30-37(32,33)29-19)26-15-5-3-4-14(10-15)18-13-36-22(27-18)28-21(23)24/h3-7,10,13H,8-9,11-12H2,1-2H3,(H,25,29)(H,26,30)(H4,23,24,27,28). The summed E-state index contributed by atoms with van der Waals surface area (Å²) in [6.07, 6.45) is 0. The first-order valence-corrected chi connectivity index (χ1v) is 14.5. The first-order chi connectivity index (χ1) is 17.7. The van der Waals surface area contributed by atoms with Gasteiger partial charge in [0.1, 0.15) is 11.5 Å². The highest BCUT2D eigenvalue weighted by Crippen LogP contribution is 2.28. The van der Waals surface area contributed by atoms with E-state index in [-0.39, 0.29) is 17.6 Å². The summed E-state index contributed by atoms with van der Waals surface area (Å²) in [5.41, 5.74) is 12.9. The third-order valence-corrected chi connectivity index (χ3v) is 7.31. The number of thioether (sulfide) groups is 1. The van der Waals surface area contributed by atoms with Crippen molar-refractivity contribution >= 4 is 61.8 Å². The number of hydrogen-bond donors (Lipinski definition) is 4. The van der Waals surface area contributed by atoms with E-state index in [0.29, 0.717) is 34.6 Å². The number of nitrogens with zero attached hydrogens (tertiary/aromatic N) is 5. The molecule has 0 atom stereocenters.